The van der Waals surface area contributed by atoms with Crippen LogP contribution in [-0.2, 0) is 5.41 Å². The van der Waals surface area contributed by atoms with Gasteiger partial charge in [0, 0.05) is 38.2 Å². The highest BCUT2D eigenvalue weighted by atomic mass is 16.3. The molecule has 0 N–H and O–H groups in total. The van der Waals surface area contributed by atoms with Crippen molar-refractivity contribution in [2.75, 3.05) is 0 Å². The summed E-state index contributed by atoms with van der Waals surface area (Å²) in [6.07, 6.45) is 0. The fourth-order valence-corrected chi connectivity index (χ4v) is 10.7. The van der Waals surface area contributed by atoms with Gasteiger partial charge in [-0.2, -0.15) is 0 Å². The Bertz CT molecular complexity index is 3830. The van der Waals surface area contributed by atoms with Crippen molar-refractivity contribution in [1.29, 1.82) is 0 Å². The van der Waals surface area contributed by atoms with Gasteiger partial charge in [0.1, 0.15) is 22.3 Å². The van der Waals surface area contributed by atoms with Gasteiger partial charge >= 0.3 is 0 Å². The van der Waals surface area contributed by atoms with Gasteiger partial charge in [0.2, 0.25) is 0 Å². The Labute approximate surface area is 361 Å². The monoisotopic (exact) mass is 803 g/mol. The number of furan rings is 2. The van der Waals surface area contributed by atoms with E-state index >= 15 is 0 Å². The topological polar surface area (TPSA) is 65.0 Å². The summed E-state index contributed by atoms with van der Waals surface area (Å²) in [6, 6.07) is 71.2. The maximum atomic E-state index is 6.36. The molecule has 292 valence electrons. The standard InChI is InChI=1S/C58H33N3O2/c1-2-14-38-37(13-1)39-15-3-8-20-47(39)58(48-21-9-4-16-40(38)48)49-22-10-5-17-41(49)45-31-34(26-29-50(45)58)55-59-56(35-27-30-53-46(32-35)43-19-7-12-24-52(43)62-53)61-57(60-55)36-25-28-44-42-18-6-11-23-51(42)63-54(44)33-36/h1-33H. The van der Waals surface area contributed by atoms with E-state index in [0.29, 0.717) is 17.5 Å². The van der Waals surface area contributed by atoms with E-state index in [-0.39, 0.29) is 0 Å². The number of hydrogen-bond donors (Lipinski definition) is 0. The minimum atomic E-state index is -0.573. The highest BCUT2D eigenvalue weighted by Gasteiger charge is 2.49. The summed E-state index contributed by atoms with van der Waals surface area (Å²) in [6.45, 7) is 0. The van der Waals surface area contributed by atoms with Crippen LogP contribution in [0.5, 0.6) is 0 Å². The van der Waals surface area contributed by atoms with E-state index in [9.17, 15) is 0 Å². The molecule has 1 spiro atoms. The van der Waals surface area contributed by atoms with E-state index in [1.54, 1.807) is 0 Å². The lowest BCUT2D eigenvalue weighted by Crippen LogP contribution is -2.29. The van der Waals surface area contributed by atoms with Crippen LogP contribution in [0.15, 0.2) is 209 Å². The van der Waals surface area contributed by atoms with Crippen molar-refractivity contribution in [3.8, 4) is 67.5 Å². The van der Waals surface area contributed by atoms with Crippen LogP contribution < -0.4 is 0 Å². The molecule has 2 aliphatic carbocycles. The van der Waals surface area contributed by atoms with Gasteiger partial charge in [0.05, 0.1) is 5.41 Å². The van der Waals surface area contributed by atoms with Crippen LogP contribution in [0, 0.1) is 0 Å². The molecule has 0 radical (unpaired) electrons. The second-order valence-electron chi connectivity index (χ2n) is 16.6. The number of nitrogens with zero attached hydrogens (tertiary/aromatic N) is 3. The van der Waals surface area contributed by atoms with Crippen LogP contribution in [0.2, 0.25) is 0 Å². The summed E-state index contributed by atoms with van der Waals surface area (Å²) in [5, 5.41) is 4.20. The lowest BCUT2D eigenvalue weighted by atomic mass is 9.66. The highest BCUT2D eigenvalue weighted by molar-refractivity contribution is 6.07. The molecule has 0 bridgehead atoms. The van der Waals surface area contributed by atoms with Gasteiger partial charge in [0.25, 0.3) is 0 Å². The molecular weight excluding hydrogens is 771 g/mol. The van der Waals surface area contributed by atoms with Crippen LogP contribution in [0.3, 0.4) is 0 Å². The van der Waals surface area contributed by atoms with Gasteiger partial charge in [-0.3, -0.25) is 0 Å². The highest BCUT2D eigenvalue weighted by Crippen LogP contribution is 2.61. The number of hydrogen-bond acceptors (Lipinski definition) is 5. The summed E-state index contributed by atoms with van der Waals surface area (Å²) in [5.74, 6) is 1.73. The molecule has 0 unspecified atom stereocenters. The van der Waals surface area contributed by atoms with Gasteiger partial charge < -0.3 is 8.83 Å². The van der Waals surface area contributed by atoms with E-state index in [1.165, 1.54) is 50.1 Å². The zero-order valence-electron chi connectivity index (χ0n) is 33.7. The fourth-order valence-electron chi connectivity index (χ4n) is 10.7. The summed E-state index contributed by atoms with van der Waals surface area (Å²) in [4.78, 5) is 15.8. The van der Waals surface area contributed by atoms with E-state index in [1.807, 2.05) is 54.6 Å². The SMILES string of the molecule is c1ccc2c(c1)-c1ccccc1C1(c3ccccc3-2)c2ccccc2-c2cc(-c3nc(-c4ccc5c(c4)oc4ccccc45)nc(-c4ccc5oc6ccccc6c5c4)n3)ccc21. The summed E-state index contributed by atoms with van der Waals surface area (Å²) in [7, 11) is 0. The number of rotatable bonds is 3. The van der Waals surface area contributed by atoms with Crippen molar-refractivity contribution in [3.63, 3.8) is 0 Å². The van der Waals surface area contributed by atoms with Gasteiger partial charge in [-0.1, -0.05) is 152 Å². The van der Waals surface area contributed by atoms with Crippen LogP contribution in [-0.4, -0.2) is 15.0 Å². The first-order valence-corrected chi connectivity index (χ1v) is 21.3. The molecule has 5 nitrogen and oxygen atoms in total. The molecule has 3 aromatic heterocycles. The van der Waals surface area contributed by atoms with Crippen molar-refractivity contribution in [2.45, 2.75) is 5.41 Å². The number of aromatic nitrogens is 3. The van der Waals surface area contributed by atoms with Gasteiger partial charge in [-0.05, 0) is 104 Å². The Morgan fingerprint density at radius 2 is 0.667 bits per heavy atom. The lowest BCUT2D eigenvalue weighted by molar-refractivity contribution is 0.668. The molecule has 0 saturated heterocycles. The van der Waals surface area contributed by atoms with Gasteiger partial charge in [-0.25, -0.2) is 15.0 Å². The first-order valence-electron chi connectivity index (χ1n) is 21.3. The number of benzene rings is 9. The Morgan fingerprint density at radius 1 is 0.270 bits per heavy atom. The van der Waals surface area contributed by atoms with Crippen molar-refractivity contribution in [3.05, 3.63) is 222 Å². The molecule has 0 amide bonds. The van der Waals surface area contributed by atoms with Crippen molar-refractivity contribution >= 4 is 43.9 Å². The predicted molar refractivity (Wildman–Crippen MR) is 252 cm³/mol. The van der Waals surface area contributed by atoms with Crippen LogP contribution in [0.25, 0.3) is 111 Å². The molecule has 14 rings (SSSR count). The van der Waals surface area contributed by atoms with Crippen molar-refractivity contribution < 1.29 is 8.83 Å². The van der Waals surface area contributed by atoms with E-state index in [4.69, 9.17) is 23.8 Å². The zero-order chi connectivity index (χ0) is 41.2. The third kappa shape index (κ3) is 4.79. The Hall–Kier alpha value is -8.41. The predicted octanol–water partition coefficient (Wildman–Crippen LogP) is 14.7. The van der Waals surface area contributed by atoms with E-state index in [2.05, 4.69) is 146 Å². The molecule has 9 aromatic carbocycles. The molecule has 0 saturated carbocycles. The third-order valence-corrected chi connectivity index (χ3v) is 13.4. The van der Waals surface area contributed by atoms with E-state index < -0.39 is 5.41 Å². The number of para-hydroxylation sites is 2. The first-order chi connectivity index (χ1) is 31.2. The molecule has 12 aromatic rings. The smallest absolute Gasteiger partial charge is 0.164 e. The number of fused-ring (bicyclic) bond motifs is 18. The Balaban J connectivity index is 1.01. The summed E-state index contributed by atoms with van der Waals surface area (Å²) >= 11 is 0. The summed E-state index contributed by atoms with van der Waals surface area (Å²) in [5.41, 5.74) is 17.7. The molecule has 0 atom stereocenters. The Morgan fingerprint density at radius 3 is 1.29 bits per heavy atom. The van der Waals surface area contributed by atoms with E-state index in [0.717, 1.165) is 66.1 Å². The largest absolute Gasteiger partial charge is 0.456 e. The van der Waals surface area contributed by atoms with Crippen LogP contribution >= 0.6 is 0 Å². The van der Waals surface area contributed by atoms with Crippen molar-refractivity contribution in [2.24, 2.45) is 0 Å². The molecule has 2 aliphatic rings. The molecule has 63 heavy (non-hydrogen) atoms. The Kier molecular flexibility index (Phi) is 6.97. The molecule has 0 aliphatic heterocycles. The summed E-state index contributed by atoms with van der Waals surface area (Å²) < 4.78 is 12.6. The quantitative estimate of drug-likeness (QED) is 0.178. The molecular formula is C58H33N3O2. The average Bonchev–Trinajstić information content (AvgIpc) is 3.99. The fraction of sp³-hybridized carbons (Fsp3) is 0.0172. The lowest BCUT2D eigenvalue weighted by Gasteiger charge is -2.35. The minimum absolute atomic E-state index is 0.566. The van der Waals surface area contributed by atoms with Crippen LogP contribution in [0.1, 0.15) is 22.3 Å². The van der Waals surface area contributed by atoms with Crippen molar-refractivity contribution in [1.82, 2.24) is 15.0 Å². The first kappa shape index (κ1) is 34.3. The maximum absolute atomic E-state index is 6.36. The maximum Gasteiger partial charge on any atom is 0.164 e. The normalized spacial score (nSPS) is 13.2. The van der Waals surface area contributed by atoms with Gasteiger partial charge in [-0.15, -0.1) is 0 Å². The van der Waals surface area contributed by atoms with Crippen LogP contribution in [0.4, 0.5) is 0 Å². The second kappa shape index (κ2) is 12.8. The third-order valence-electron chi connectivity index (χ3n) is 13.4. The second-order valence-corrected chi connectivity index (χ2v) is 16.6. The molecule has 0 fully saturated rings. The average molecular weight is 804 g/mol. The minimum Gasteiger partial charge on any atom is -0.456 e. The molecule has 3 heterocycles. The zero-order valence-corrected chi connectivity index (χ0v) is 33.7. The van der Waals surface area contributed by atoms with Gasteiger partial charge in [0.15, 0.2) is 17.5 Å². The molecule has 5 heteroatoms.